The largest absolute Gasteiger partial charge is 0.504 e. The molecule has 0 saturated carbocycles. The molecule has 2 heterocycles. The van der Waals surface area contributed by atoms with Gasteiger partial charge < -0.3 is 24.1 Å². The summed E-state index contributed by atoms with van der Waals surface area (Å²) in [5.74, 6) is 2.77. The van der Waals surface area contributed by atoms with Crippen molar-refractivity contribution in [1.82, 2.24) is 4.90 Å². The number of fused-ring (bicyclic) bond motifs is 4. The predicted octanol–water partition coefficient (Wildman–Crippen LogP) is 3.47. The normalized spacial score (nSPS) is 20.6. The number of aromatic hydroxyl groups is 1. The minimum absolute atomic E-state index is 0.186. The van der Waals surface area contributed by atoms with E-state index in [-0.39, 0.29) is 11.8 Å². The van der Waals surface area contributed by atoms with Gasteiger partial charge in [-0.2, -0.15) is 0 Å². The second kappa shape index (κ2) is 7.09. The molecule has 150 valence electrons. The first-order valence-corrected chi connectivity index (χ1v) is 9.48. The minimum Gasteiger partial charge on any atom is -0.504 e. The lowest BCUT2D eigenvalue weighted by Crippen LogP contribution is -2.45. The van der Waals surface area contributed by atoms with Gasteiger partial charge in [0.25, 0.3) is 0 Å². The van der Waals surface area contributed by atoms with Gasteiger partial charge >= 0.3 is 0 Å². The molecule has 2 aliphatic rings. The quantitative estimate of drug-likeness (QED) is 0.870. The molecule has 0 amide bonds. The average Bonchev–Trinajstić information content (AvgIpc) is 2.71. The van der Waals surface area contributed by atoms with Gasteiger partial charge in [0.1, 0.15) is 0 Å². The molecular weight excluding hydrogens is 358 g/mol. The van der Waals surface area contributed by atoms with E-state index >= 15 is 0 Å². The molecule has 2 atom stereocenters. The third-order valence-electron chi connectivity index (χ3n) is 6.06. The van der Waals surface area contributed by atoms with Crippen LogP contribution in [-0.2, 0) is 19.4 Å². The highest BCUT2D eigenvalue weighted by Gasteiger charge is 2.38. The van der Waals surface area contributed by atoms with Gasteiger partial charge in [-0.1, -0.05) is 0 Å². The van der Waals surface area contributed by atoms with Gasteiger partial charge in [0, 0.05) is 24.2 Å². The summed E-state index contributed by atoms with van der Waals surface area (Å²) in [5.41, 5.74) is 4.73. The highest BCUT2D eigenvalue weighted by Crippen LogP contribution is 2.49. The van der Waals surface area contributed by atoms with E-state index < -0.39 is 0 Å². The van der Waals surface area contributed by atoms with Crippen molar-refractivity contribution in [3.8, 4) is 28.7 Å². The van der Waals surface area contributed by atoms with Crippen LogP contribution in [0.4, 0.5) is 0 Å². The van der Waals surface area contributed by atoms with Crippen molar-refractivity contribution in [2.24, 2.45) is 0 Å². The van der Waals surface area contributed by atoms with Gasteiger partial charge in [0.15, 0.2) is 23.0 Å². The van der Waals surface area contributed by atoms with Crippen molar-refractivity contribution in [3.05, 3.63) is 40.5 Å². The van der Waals surface area contributed by atoms with Crippen LogP contribution >= 0.6 is 0 Å². The molecule has 0 bridgehead atoms. The number of nitrogens with zero attached hydrogens (tertiary/aromatic N) is 1. The van der Waals surface area contributed by atoms with Crippen LogP contribution in [0, 0.1) is 0 Å². The van der Waals surface area contributed by atoms with Crippen LogP contribution in [0.25, 0.3) is 0 Å². The Morgan fingerprint density at radius 2 is 1.54 bits per heavy atom. The Labute approximate surface area is 165 Å². The highest BCUT2D eigenvalue weighted by molar-refractivity contribution is 5.60. The molecule has 0 fully saturated rings. The summed E-state index contributed by atoms with van der Waals surface area (Å²) in [5, 5.41) is 10.4. The molecule has 4 rings (SSSR count). The standard InChI is InChI=1S/C22H27NO5/c1-12-6-13-8-19(25-2)18(24)10-15(13)17-7-14-9-20(26-3)22(28-5)21(27-4)16(14)11-23(12)17/h8-10,12,17,24H,6-7,11H2,1-5H3/t12-,17-/m0/s1. The smallest absolute Gasteiger partial charge is 0.203 e. The van der Waals surface area contributed by atoms with E-state index in [0.717, 1.165) is 36.3 Å². The third kappa shape index (κ3) is 2.75. The fourth-order valence-electron chi connectivity index (χ4n) is 4.70. The lowest BCUT2D eigenvalue weighted by atomic mass is 9.81. The summed E-state index contributed by atoms with van der Waals surface area (Å²) in [6.07, 6.45) is 1.72. The summed E-state index contributed by atoms with van der Waals surface area (Å²) in [6.45, 7) is 3.00. The third-order valence-corrected chi connectivity index (χ3v) is 6.06. The SMILES string of the molecule is COc1cc2c(cc1O)[C@@H]1Cc3cc(OC)c(OC)c(OC)c3CN1[C@@H](C)C2. The van der Waals surface area contributed by atoms with Crippen LogP contribution in [0.15, 0.2) is 18.2 Å². The molecular formula is C22H27NO5. The predicted molar refractivity (Wildman–Crippen MR) is 106 cm³/mol. The van der Waals surface area contributed by atoms with E-state index in [0.29, 0.717) is 23.3 Å². The van der Waals surface area contributed by atoms with Gasteiger partial charge in [-0.25, -0.2) is 0 Å². The van der Waals surface area contributed by atoms with Crippen LogP contribution in [0.3, 0.4) is 0 Å². The molecule has 6 nitrogen and oxygen atoms in total. The maximum absolute atomic E-state index is 10.4. The van der Waals surface area contributed by atoms with Gasteiger partial charge in [-0.3, -0.25) is 4.90 Å². The molecule has 2 aromatic rings. The van der Waals surface area contributed by atoms with Crippen molar-refractivity contribution >= 4 is 0 Å². The zero-order chi connectivity index (χ0) is 20.0. The van der Waals surface area contributed by atoms with Crippen molar-refractivity contribution in [3.63, 3.8) is 0 Å². The van der Waals surface area contributed by atoms with Crippen LogP contribution in [0.5, 0.6) is 28.7 Å². The maximum atomic E-state index is 10.4. The zero-order valence-corrected chi connectivity index (χ0v) is 17.0. The van der Waals surface area contributed by atoms with Gasteiger partial charge in [-0.15, -0.1) is 0 Å². The molecule has 2 aliphatic heterocycles. The summed E-state index contributed by atoms with van der Waals surface area (Å²) in [7, 11) is 6.53. The Kier molecular flexibility index (Phi) is 4.75. The van der Waals surface area contributed by atoms with Crippen molar-refractivity contribution in [2.75, 3.05) is 28.4 Å². The molecule has 0 aliphatic carbocycles. The van der Waals surface area contributed by atoms with E-state index in [4.69, 9.17) is 18.9 Å². The maximum Gasteiger partial charge on any atom is 0.203 e. The Balaban J connectivity index is 1.84. The summed E-state index contributed by atoms with van der Waals surface area (Å²) in [6, 6.07) is 6.43. The van der Waals surface area contributed by atoms with Crippen LogP contribution < -0.4 is 18.9 Å². The zero-order valence-electron chi connectivity index (χ0n) is 17.0. The van der Waals surface area contributed by atoms with Gasteiger partial charge in [-0.05, 0) is 54.7 Å². The fourth-order valence-corrected chi connectivity index (χ4v) is 4.70. The topological polar surface area (TPSA) is 60.4 Å². The number of phenols is 1. The first-order valence-electron chi connectivity index (χ1n) is 9.48. The summed E-state index contributed by atoms with van der Waals surface area (Å²) < 4.78 is 22.2. The van der Waals surface area contributed by atoms with E-state index in [1.807, 2.05) is 12.1 Å². The lowest BCUT2D eigenvalue weighted by molar-refractivity contribution is 0.103. The average molecular weight is 385 g/mol. The molecule has 28 heavy (non-hydrogen) atoms. The Hall–Kier alpha value is -2.60. The van der Waals surface area contributed by atoms with Crippen molar-refractivity contribution < 1.29 is 24.1 Å². The van der Waals surface area contributed by atoms with E-state index in [1.54, 1.807) is 28.4 Å². The van der Waals surface area contributed by atoms with Gasteiger partial charge in [0.2, 0.25) is 5.75 Å². The van der Waals surface area contributed by atoms with Crippen molar-refractivity contribution in [2.45, 2.75) is 38.4 Å². The number of rotatable bonds is 4. The first-order chi connectivity index (χ1) is 13.5. The van der Waals surface area contributed by atoms with Gasteiger partial charge in [0.05, 0.1) is 28.4 Å². The second-order valence-electron chi connectivity index (χ2n) is 7.45. The van der Waals surface area contributed by atoms with E-state index in [2.05, 4.69) is 17.9 Å². The summed E-state index contributed by atoms with van der Waals surface area (Å²) in [4.78, 5) is 2.48. The first kappa shape index (κ1) is 18.7. The van der Waals surface area contributed by atoms with E-state index in [1.165, 1.54) is 11.1 Å². The van der Waals surface area contributed by atoms with E-state index in [9.17, 15) is 5.11 Å². The van der Waals surface area contributed by atoms with Crippen LogP contribution in [0.2, 0.25) is 0 Å². The molecule has 0 saturated heterocycles. The van der Waals surface area contributed by atoms with Crippen LogP contribution in [0.1, 0.15) is 35.2 Å². The molecule has 0 aromatic heterocycles. The van der Waals surface area contributed by atoms with Crippen molar-refractivity contribution in [1.29, 1.82) is 0 Å². The second-order valence-corrected chi connectivity index (χ2v) is 7.45. The molecule has 0 radical (unpaired) electrons. The Morgan fingerprint density at radius 3 is 2.18 bits per heavy atom. The number of ether oxygens (including phenoxy) is 4. The number of phenolic OH excluding ortho intramolecular Hbond substituents is 1. The fraction of sp³-hybridized carbons (Fsp3) is 0.455. The summed E-state index contributed by atoms with van der Waals surface area (Å²) >= 11 is 0. The Bertz CT molecular complexity index is 911. The minimum atomic E-state index is 0.186. The monoisotopic (exact) mass is 385 g/mol. The highest BCUT2D eigenvalue weighted by atomic mass is 16.5. The molecule has 2 aromatic carbocycles. The molecule has 6 heteroatoms. The lowest BCUT2D eigenvalue weighted by Gasteiger charge is -2.45. The molecule has 0 spiro atoms. The number of hydrogen-bond donors (Lipinski definition) is 1. The number of benzene rings is 2. The number of methoxy groups -OCH3 is 4. The number of hydrogen-bond acceptors (Lipinski definition) is 6. The van der Waals surface area contributed by atoms with Crippen LogP contribution in [-0.4, -0.2) is 44.5 Å². The molecule has 0 unspecified atom stereocenters. The molecule has 1 N–H and O–H groups in total. The Morgan fingerprint density at radius 1 is 0.857 bits per heavy atom.